The van der Waals surface area contributed by atoms with Crippen LogP contribution in [0.2, 0.25) is 0 Å². The fraction of sp³-hybridized carbons (Fsp3) is 0.154. The molecule has 0 saturated heterocycles. The summed E-state index contributed by atoms with van der Waals surface area (Å²) in [6, 6.07) is 3.73. The molecule has 0 aliphatic carbocycles. The summed E-state index contributed by atoms with van der Waals surface area (Å²) in [5, 5.41) is 11.6. The third-order valence-corrected chi connectivity index (χ3v) is 5.05. The molecule has 112 valence electrons. The Morgan fingerprint density at radius 3 is 2.57 bits per heavy atom. The Labute approximate surface area is 128 Å². The van der Waals surface area contributed by atoms with Gasteiger partial charge in [0, 0.05) is 18.6 Å². The molecule has 1 heterocycles. The zero-order chi connectivity index (χ0) is 15.8. The van der Waals surface area contributed by atoms with E-state index in [0.717, 1.165) is 12.1 Å². The zero-order valence-electron chi connectivity index (χ0n) is 10.8. The molecule has 0 unspecified atom stereocenters. The summed E-state index contributed by atoms with van der Waals surface area (Å²) in [7, 11) is -4.03. The van der Waals surface area contributed by atoms with Gasteiger partial charge in [-0.1, -0.05) is 0 Å². The first-order chi connectivity index (χ1) is 9.70. The molecule has 0 saturated carbocycles. The molecule has 0 radical (unpaired) electrons. The molecule has 8 heteroatoms. The van der Waals surface area contributed by atoms with Crippen LogP contribution in [0.3, 0.4) is 0 Å². The lowest BCUT2D eigenvalue weighted by Gasteiger charge is -2.09. The van der Waals surface area contributed by atoms with Crippen molar-refractivity contribution in [3.05, 3.63) is 63.0 Å². The third kappa shape index (κ3) is 3.38. The van der Waals surface area contributed by atoms with E-state index in [4.69, 9.17) is 0 Å². The van der Waals surface area contributed by atoms with E-state index in [0.29, 0.717) is 15.3 Å². The molecule has 0 aliphatic rings. The van der Waals surface area contributed by atoms with Crippen molar-refractivity contribution in [1.29, 1.82) is 0 Å². The van der Waals surface area contributed by atoms with Crippen LogP contribution in [0.15, 0.2) is 39.8 Å². The lowest BCUT2D eigenvalue weighted by molar-refractivity contribution is -0.613. The van der Waals surface area contributed by atoms with E-state index in [9.17, 15) is 22.4 Å². The quantitative estimate of drug-likeness (QED) is 0.469. The van der Waals surface area contributed by atoms with Gasteiger partial charge < -0.3 is 5.21 Å². The first kappa shape index (κ1) is 15.8. The lowest BCUT2D eigenvalue weighted by Crippen LogP contribution is -2.31. The van der Waals surface area contributed by atoms with Crippen LogP contribution in [0.1, 0.15) is 11.3 Å². The average Bonchev–Trinajstić information content (AvgIpc) is 2.34. The molecule has 0 N–H and O–H groups in total. The summed E-state index contributed by atoms with van der Waals surface area (Å²) in [5.41, 5.74) is 0.437. The van der Waals surface area contributed by atoms with Crippen LogP contribution in [0.25, 0.3) is 0 Å². The second-order valence-electron chi connectivity index (χ2n) is 4.43. The highest BCUT2D eigenvalue weighted by Crippen LogP contribution is 2.22. The van der Waals surface area contributed by atoms with Crippen molar-refractivity contribution in [3.63, 3.8) is 0 Å². The van der Waals surface area contributed by atoms with Gasteiger partial charge in [0.05, 0.1) is 10.2 Å². The van der Waals surface area contributed by atoms with Crippen molar-refractivity contribution in [2.75, 3.05) is 0 Å². The molecule has 0 atom stereocenters. The van der Waals surface area contributed by atoms with Gasteiger partial charge in [-0.05, 0) is 34.1 Å². The topological polar surface area (TPSA) is 61.1 Å². The van der Waals surface area contributed by atoms with Crippen molar-refractivity contribution >= 4 is 25.8 Å². The number of aromatic nitrogens is 1. The largest absolute Gasteiger partial charge is 0.618 e. The molecular formula is C13H10BrF2NO3S. The van der Waals surface area contributed by atoms with Crippen molar-refractivity contribution in [2.24, 2.45) is 0 Å². The second kappa shape index (κ2) is 5.69. The third-order valence-electron chi connectivity index (χ3n) is 2.92. The summed E-state index contributed by atoms with van der Waals surface area (Å²) >= 11 is 3.10. The van der Waals surface area contributed by atoms with Gasteiger partial charge in [0.2, 0.25) is 0 Å². The van der Waals surface area contributed by atoms with E-state index in [1.54, 1.807) is 0 Å². The molecule has 2 aromatic rings. The predicted octanol–water partition coefficient (Wildman–Crippen LogP) is 2.64. The van der Waals surface area contributed by atoms with E-state index in [2.05, 4.69) is 15.9 Å². The Bertz CT molecular complexity index is 809. The maximum Gasteiger partial charge on any atom is 0.194 e. The molecule has 1 aromatic heterocycles. The van der Waals surface area contributed by atoms with Crippen molar-refractivity contribution < 1.29 is 21.9 Å². The fourth-order valence-electron chi connectivity index (χ4n) is 1.81. The summed E-state index contributed by atoms with van der Waals surface area (Å²) in [5.74, 6) is -2.57. The Hall–Kier alpha value is -1.54. The molecule has 1 aromatic carbocycles. The minimum Gasteiger partial charge on any atom is -0.618 e. The lowest BCUT2D eigenvalue weighted by atomic mass is 10.2. The Balaban J connectivity index is 2.47. The van der Waals surface area contributed by atoms with Crippen LogP contribution in [0.5, 0.6) is 0 Å². The molecular weight excluding hydrogens is 368 g/mol. The summed E-state index contributed by atoms with van der Waals surface area (Å²) in [4.78, 5) is -0.597. The summed E-state index contributed by atoms with van der Waals surface area (Å²) in [6.07, 6.45) is 1.24. The maximum atomic E-state index is 13.6. The number of nitrogens with zero attached hydrogens (tertiary/aromatic N) is 1. The average molecular weight is 378 g/mol. The standard InChI is InChI=1S/C13H10BrF2NO3S/c1-8-9(4-10(14)6-17(8)18)7-21(19,20)13-3-2-11(15)5-12(13)16/h2-6H,7H2,1H3. The van der Waals surface area contributed by atoms with Crippen LogP contribution in [-0.4, -0.2) is 8.42 Å². The fourth-order valence-corrected chi connectivity index (χ4v) is 3.77. The van der Waals surface area contributed by atoms with E-state index < -0.39 is 32.1 Å². The van der Waals surface area contributed by atoms with Gasteiger partial charge >= 0.3 is 0 Å². The van der Waals surface area contributed by atoms with Crippen LogP contribution < -0.4 is 4.73 Å². The number of rotatable bonds is 3. The van der Waals surface area contributed by atoms with Gasteiger partial charge in [-0.25, -0.2) is 17.2 Å². The Morgan fingerprint density at radius 2 is 1.95 bits per heavy atom. The SMILES string of the molecule is Cc1c(CS(=O)(=O)c2ccc(F)cc2F)cc(Br)c[n+]1[O-]. The minimum atomic E-state index is -4.03. The number of pyridine rings is 1. The van der Waals surface area contributed by atoms with Crippen LogP contribution in [0.4, 0.5) is 8.78 Å². The zero-order valence-corrected chi connectivity index (χ0v) is 13.2. The van der Waals surface area contributed by atoms with Crippen LogP contribution in [0, 0.1) is 23.8 Å². The number of hydrogen-bond acceptors (Lipinski definition) is 3. The van der Waals surface area contributed by atoms with Gasteiger partial charge in [0.15, 0.2) is 21.7 Å². The molecule has 4 nitrogen and oxygen atoms in total. The highest BCUT2D eigenvalue weighted by molar-refractivity contribution is 9.10. The summed E-state index contributed by atoms with van der Waals surface area (Å²) < 4.78 is 51.8. The number of sulfone groups is 1. The van der Waals surface area contributed by atoms with Gasteiger partial charge in [0.1, 0.15) is 16.5 Å². The second-order valence-corrected chi connectivity index (χ2v) is 7.30. The molecule has 21 heavy (non-hydrogen) atoms. The minimum absolute atomic E-state index is 0.198. The van der Waals surface area contributed by atoms with E-state index in [1.165, 1.54) is 19.2 Å². The van der Waals surface area contributed by atoms with E-state index in [-0.39, 0.29) is 11.3 Å². The smallest absolute Gasteiger partial charge is 0.194 e. The molecule has 0 aliphatic heterocycles. The van der Waals surface area contributed by atoms with Gasteiger partial charge in [-0.3, -0.25) is 0 Å². The van der Waals surface area contributed by atoms with E-state index >= 15 is 0 Å². The molecule has 0 amide bonds. The number of halogens is 3. The normalized spacial score (nSPS) is 11.6. The van der Waals surface area contributed by atoms with Gasteiger partial charge in [-0.2, -0.15) is 4.73 Å². The molecule has 0 spiro atoms. The summed E-state index contributed by atoms with van der Waals surface area (Å²) in [6.45, 7) is 1.46. The van der Waals surface area contributed by atoms with Crippen molar-refractivity contribution in [3.8, 4) is 0 Å². The van der Waals surface area contributed by atoms with Crippen LogP contribution >= 0.6 is 15.9 Å². The first-order valence-corrected chi connectivity index (χ1v) is 8.21. The highest BCUT2D eigenvalue weighted by Gasteiger charge is 2.23. The molecule has 0 fully saturated rings. The van der Waals surface area contributed by atoms with E-state index in [1.807, 2.05) is 0 Å². The van der Waals surface area contributed by atoms with Crippen molar-refractivity contribution in [2.45, 2.75) is 17.6 Å². The Morgan fingerprint density at radius 1 is 1.29 bits per heavy atom. The highest BCUT2D eigenvalue weighted by atomic mass is 79.9. The van der Waals surface area contributed by atoms with Crippen molar-refractivity contribution in [1.82, 2.24) is 0 Å². The maximum absolute atomic E-state index is 13.6. The molecule has 2 rings (SSSR count). The molecule has 0 bridgehead atoms. The first-order valence-electron chi connectivity index (χ1n) is 5.77. The van der Waals surface area contributed by atoms with Gasteiger partial charge in [0.25, 0.3) is 0 Å². The predicted molar refractivity (Wildman–Crippen MR) is 75.1 cm³/mol. The number of benzene rings is 1. The Kier molecular flexibility index (Phi) is 4.29. The van der Waals surface area contributed by atoms with Gasteiger partial charge in [-0.15, -0.1) is 0 Å². The monoisotopic (exact) mass is 377 g/mol. The number of hydrogen-bond donors (Lipinski definition) is 0. The van der Waals surface area contributed by atoms with Crippen LogP contribution in [-0.2, 0) is 15.6 Å².